The number of benzene rings is 1. The van der Waals surface area contributed by atoms with Gasteiger partial charge in [-0.05, 0) is 31.4 Å². The molecule has 0 unspecified atom stereocenters. The quantitative estimate of drug-likeness (QED) is 0.603. The molecule has 0 aliphatic heterocycles. The van der Waals surface area contributed by atoms with E-state index in [2.05, 4.69) is 29.4 Å². The Kier molecular flexibility index (Phi) is 6.41. The summed E-state index contributed by atoms with van der Waals surface area (Å²) in [6, 6.07) is 7.62. The maximum absolute atomic E-state index is 12.2. The predicted octanol–water partition coefficient (Wildman–Crippen LogP) is 4.00. The second-order valence-electron chi connectivity index (χ2n) is 5.59. The van der Waals surface area contributed by atoms with Crippen molar-refractivity contribution >= 4 is 34.1 Å². The number of aromatic nitrogens is 2. The maximum Gasteiger partial charge on any atom is 0.266 e. The zero-order valence-electron chi connectivity index (χ0n) is 13.7. The molecule has 0 radical (unpaired) electrons. The Hall–Kier alpha value is -1.60. The van der Waals surface area contributed by atoms with Crippen LogP contribution < -0.4 is 10.1 Å². The molecule has 1 aromatic heterocycles. The van der Waals surface area contributed by atoms with Gasteiger partial charge in [-0.15, -0.1) is 10.2 Å². The third-order valence-corrected chi connectivity index (χ3v) is 5.34. The number of carbonyl (C=O) groups is 1. The highest BCUT2D eigenvalue weighted by Crippen LogP contribution is 2.27. The van der Waals surface area contributed by atoms with E-state index in [-0.39, 0.29) is 5.91 Å². The van der Waals surface area contributed by atoms with Gasteiger partial charge in [-0.3, -0.25) is 10.1 Å². The van der Waals surface area contributed by atoms with E-state index in [0.29, 0.717) is 16.8 Å². The summed E-state index contributed by atoms with van der Waals surface area (Å²) in [5, 5.41) is 11.3. The second-order valence-corrected chi connectivity index (χ2v) is 7.84. The van der Waals surface area contributed by atoms with Crippen molar-refractivity contribution in [3.8, 4) is 5.75 Å². The van der Waals surface area contributed by atoms with Crippen LogP contribution in [0.25, 0.3) is 0 Å². The fourth-order valence-corrected chi connectivity index (χ4v) is 3.43. The molecule has 1 atom stereocenters. The first-order valence-corrected chi connectivity index (χ1v) is 9.25. The molecule has 2 aromatic rings. The van der Waals surface area contributed by atoms with E-state index < -0.39 is 6.10 Å². The molecule has 7 heteroatoms. The van der Waals surface area contributed by atoms with Crippen molar-refractivity contribution in [3.05, 3.63) is 29.8 Å². The summed E-state index contributed by atoms with van der Waals surface area (Å²) in [6.07, 6.45) is -0.605. The van der Waals surface area contributed by atoms with Gasteiger partial charge in [-0.25, -0.2) is 0 Å². The first kappa shape index (κ1) is 17.7. The van der Waals surface area contributed by atoms with E-state index in [4.69, 9.17) is 4.74 Å². The number of rotatable bonds is 7. The lowest BCUT2D eigenvalue weighted by atomic mass is 10.2. The van der Waals surface area contributed by atoms with Gasteiger partial charge in [0, 0.05) is 5.75 Å². The minimum absolute atomic E-state index is 0.232. The van der Waals surface area contributed by atoms with Gasteiger partial charge in [0.1, 0.15) is 5.75 Å². The maximum atomic E-state index is 12.2. The molecule has 2 rings (SSSR count). The average molecular weight is 351 g/mol. The van der Waals surface area contributed by atoms with Gasteiger partial charge in [0.05, 0.1) is 0 Å². The Bertz CT molecular complexity index is 658. The SMILES string of the molecule is Cc1ccccc1O[C@H](C)C(=O)Nc1nnc(SCC(C)C)s1. The van der Waals surface area contributed by atoms with E-state index >= 15 is 0 Å². The van der Waals surface area contributed by atoms with Crippen LogP contribution in [-0.2, 0) is 4.79 Å². The zero-order chi connectivity index (χ0) is 16.8. The Morgan fingerprint density at radius 1 is 1.30 bits per heavy atom. The Morgan fingerprint density at radius 3 is 2.74 bits per heavy atom. The van der Waals surface area contributed by atoms with Gasteiger partial charge in [0.25, 0.3) is 5.91 Å². The molecule has 23 heavy (non-hydrogen) atoms. The smallest absolute Gasteiger partial charge is 0.266 e. The molecular weight excluding hydrogens is 330 g/mol. The summed E-state index contributed by atoms with van der Waals surface area (Å²) in [6.45, 7) is 7.97. The zero-order valence-corrected chi connectivity index (χ0v) is 15.3. The summed E-state index contributed by atoms with van der Waals surface area (Å²) < 4.78 is 6.57. The Labute approximate surface area is 144 Å². The number of hydrogen-bond donors (Lipinski definition) is 1. The number of hydrogen-bond acceptors (Lipinski definition) is 6. The van der Waals surface area contributed by atoms with Crippen molar-refractivity contribution in [2.45, 2.75) is 38.1 Å². The largest absolute Gasteiger partial charge is 0.481 e. The lowest BCUT2D eigenvalue weighted by Crippen LogP contribution is -2.30. The standard InChI is InChI=1S/C16H21N3O2S2/c1-10(2)9-22-16-19-18-15(23-16)17-14(20)12(4)21-13-8-6-5-7-11(13)3/h5-8,10,12H,9H2,1-4H3,(H,17,18,20)/t12-/m1/s1. The Balaban J connectivity index is 1.90. The van der Waals surface area contributed by atoms with E-state index in [0.717, 1.165) is 15.7 Å². The van der Waals surface area contributed by atoms with Crippen molar-refractivity contribution in [1.29, 1.82) is 0 Å². The molecule has 1 N–H and O–H groups in total. The molecule has 0 saturated carbocycles. The highest BCUT2D eigenvalue weighted by molar-refractivity contribution is 8.01. The van der Waals surface area contributed by atoms with Gasteiger partial charge in [0.2, 0.25) is 5.13 Å². The number of aryl methyl sites for hydroxylation is 1. The van der Waals surface area contributed by atoms with E-state index in [1.54, 1.807) is 18.7 Å². The molecular formula is C16H21N3O2S2. The van der Waals surface area contributed by atoms with Gasteiger partial charge in [-0.1, -0.05) is 55.1 Å². The van der Waals surface area contributed by atoms with Crippen LogP contribution in [0.1, 0.15) is 26.3 Å². The monoisotopic (exact) mass is 351 g/mol. The highest BCUT2D eigenvalue weighted by atomic mass is 32.2. The number of ether oxygens (including phenoxy) is 1. The lowest BCUT2D eigenvalue weighted by Gasteiger charge is -2.15. The van der Waals surface area contributed by atoms with Crippen molar-refractivity contribution in [1.82, 2.24) is 10.2 Å². The first-order valence-electron chi connectivity index (χ1n) is 7.45. The number of thioether (sulfide) groups is 1. The van der Waals surface area contributed by atoms with Crippen LogP contribution >= 0.6 is 23.1 Å². The molecule has 1 amide bonds. The molecule has 0 aliphatic rings. The number of carbonyl (C=O) groups excluding carboxylic acids is 1. The summed E-state index contributed by atoms with van der Waals surface area (Å²) in [4.78, 5) is 12.2. The fraction of sp³-hybridized carbons (Fsp3) is 0.438. The summed E-state index contributed by atoms with van der Waals surface area (Å²) in [7, 11) is 0. The number of para-hydroxylation sites is 1. The molecule has 5 nitrogen and oxygen atoms in total. The second kappa shape index (κ2) is 8.31. The minimum Gasteiger partial charge on any atom is -0.481 e. The Morgan fingerprint density at radius 2 is 2.04 bits per heavy atom. The molecule has 0 saturated heterocycles. The lowest BCUT2D eigenvalue weighted by molar-refractivity contribution is -0.122. The van der Waals surface area contributed by atoms with E-state index in [1.807, 2.05) is 31.2 Å². The molecule has 1 heterocycles. The van der Waals surface area contributed by atoms with Crippen LogP contribution in [0.5, 0.6) is 5.75 Å². The number of nitrogens with zero attached hydrogens (tertiary/aromatic N) is 2. The van der Waals surface area contributed by atoms with Crippen LogP contribution in [0, 0.1) is 12.8 Å². The van der Waals surface area contributed by atoms with Gasteiger partial charge in [-0.2, -0.15) is 0 Å². The normalized spacial score (nSPS) is 12.2. The number of amides is 1. The van der Waals surface area contributed by atoms with Crippen LogP contribution in [0.15, 0.2) is 28.6 Å². The molecule has 0 spiro atoms. The third kappa shape index (κ3) is 5.51. The average Bonchev–Trinajstić information content (AvgIpc) is 2.95. The summed E-state index contributed by atoms with van der Waals surface area (Å²) in [5.74, 6) is 2.05. The van der Waals surface area contributed by atoms with E-state index in [9.17, 15) is 4.79 Å². The van der Waals surface area contributed by atoms with Gasteiger partial charge < -0.3 is 4.74 Å². The highest BCUT2D eigenvalue weighted by Gasteiger charge is 2.17. The van der Waals surface area contributed by atoms with Crippen molar-refractivity contribution in [2.24, 2.45) is 5.92 Å². The van der Waals surface area contributed by atoms with Crippen molar-refractivity contribution in [3.63, 3.8) is 0 Å². The number of nitrogens with one attached hydrogen (secondary N) is 1. The fourth-order valence-electron chi connectivity index (χ4n) is 1.70. The molecule has 1 aromatic carbocycles. The summed E-state index contributed by atoms with van der Waals surface area (Å²) in [5.41, 5.74) is 0.996. The third-order valence-electron chi connectivity index (χ3n) is 2.94. The van der Waals surface area contributed by atoms with Crippen LogP contribution in [0.2, 0.25) is 0 Å². The summed E-state index contributed by atoms with van der Waals surface area (Å²) >= 11 is 3.04. The van der Waals surface area contributed by atoms with Crippen LogP contribution in [0.3, 0.4) is 0 Å². The van der Waals surface area contributed by atoms with Crippen LogP contribution in [0.4, 0.5) is 5.13 Å². The minimum atomic E-state index is -0.605. The van der Waals surface area contributed by atoms with Gasteiger partial charge in [0.15, 0.2) is 10.4 Å². The predicted molar refractivity (Wildman–Crippen MR) is 95.4 cm³/mol. The van der Waals surface area contributed by atoms with Crippen molar-refractivity contribution < 1.29 is 9.53 Å². The number of anilines is 1. The van der Waals surface area contributed by atoms with E-state index in [1.165, 1.54) is 11.3 Å². The molecule has 124 valence electrons. The van der Waals surface area contributed by atoms with Crippen LogP contribution in [-0.4, -0.2) is 28.0 Å². The first-order chi connectivity index (χ1) is 11.0. The van der Waals surface area contributed by atoms with Gasteiger partial charge >= 0.3 is 0 Å². The molecule has 0 fully saturated rings. The molecule has 0 aliphatic carbocycles. The molecule has 0 bridgehead atoms. The van der Waals surface area contributed by atoms with Crippen molar-refractivity contribution in [2.75, 3.05) is 11.1 Å². The topological polar surface area (TPSA) is 64.1 Å².